The summed E-state index contributed by atoms with van der Waals surface area (Å²) in [5.41, 5.74) is 3.23. The highest BCUT2D eigenvalue weighted by Crippen LogP contribution is 2.34. The van der Waals surface area contributed by atoms with E-state index in [0.717, 1.165) is 31.5 Å². The van der Waals surface area contributed by atoms with Gasteiger partial charge in [0.15, 0.2) is 11.6 Å². The van der Waals surface area contributed by atoms with Crippen LogP contribution in [0, 0.1) is 11.6 Å². The smallest absolute Gasteiger partial charge is 0.230 e. The molecular formula is C21H22F2N2O. The Labute approximate surface area is 152 Å². The minimum atomic E-state index is -0.819. The fourth-order valence-corrected chi connectivity index (χ4v) is 4.06. The molecule has 1 aliphatic carbocycles. The zero-order valence-corrected chi connectivity index (χ0v) is 14.6. The van der Waals surface area contributed by atoms with Gasteiger partial charge in [-0.25, -0.2) is 8.78 Å². The molecule has 2 aromatic carbocycles. The minimum absolute atomic E-state index is 0.0102. The lowest BCUT2D eigenvalue weighted by Crippen LogP contribution is -2.49. The summed E-state index contributed by atoms with van der Waals surface area (Å²) in [6.07, 6.45) is 1.87. The molecule has 0 radical (unpaired) electrons. The van der Waals surface area contributed by atoms with E-state index in [2.05, 4.69) is 17.0 Å². The number of aryl methyl sites for hydroxylation is 1. The summed E-state index contributed by atoms with van der Waals surface area (Å²) in [5.74, 6) is -1.41. The van der Waals surface area contributed by atoms with Crippen molar-refractivity contribution in [3.05, 3.63) is 70.8 Å². The van der Waals surface area contributed by atoms with Crippen LogP contribution in [0.5, 0.6) is 0 Å². The Morgan fingerprint density at radius 1 is 1.00 bits per heavy atom. The molecule has 1 aliphatic heterocycles. The van der Waals surface area contributed by atoms with Crippen LogP contribution in [0.25, 0.3) is 0 Å². The molecule has 0 unspecified atom stereocenters. The second-order valence-electron chi connectivity index (χ2n) is 7.14. The summed E-state index contributed by atoms with van der Waals surface area (Å²) in [6, 6.07) is 12.3. The minimum Gasteiger partial charge on any atom is -0.340 e. The Bertz CT molecular complexity index is 815. The molecule has 26 heavy (non-hydrogen) atoms. The molecule has 2 aliphatic rings. The van der Waals surface area contributed by atoms with Crippen molar-refractivity contribution in [2.45, 2.75) is 25.3 Å². The maximum Gasteiger partial charge on any atom is 0.230 e. The molecular weight excluding hydrogens is 334 g/mol. The molecule has 0 spiro atoms. The van der Waals surface area contributed by atoms with Gasteiger partial charge in [-0.3, -0.25) is 9.69 Å². The predicted octanol–water partition coefficient (Wildman–Crippen LogP) is 3.34. The number of amides is 1. The Morgan fingerprint density at radius 2 is 1.77 bits per heavy atom. The predicted molar refractivity (Wildman–Crippen MR) is 95.7 cm³/mol. The van der Waals surface area contributed by atoms with E-state index in [4.69, 9.17) is 0 Å². The molecule has 4 rings (SSSR count). The van der Waals surface area contributed by atoms with Gasteiger partial charge in [0, 0.05) is 32.7 Å². The number of hydrogen-bond donors (Lipinski definition) is 0. The Balaban J connectivity index is 1.35. The number of nitrogens with zero attached hydrogens (tertiary/aromatic N) is 2. The van der Waals surface area contributed by atoms with Gasteiger partial charge in [-0.2, -0.15) is 0 Å². The molecule has 3 nitrogen and oxygen atoms in total. The highest BCUT2D eigenvalue weighted by atomic mass is 19.2. The number of benzene rings is 2. The summed E-state index contributed by atoms with van der Waals surface area (Å²) in [5, 5.41) is 0. The van der Waals surface area contributed by atoms with Crippen LogP contribution in [0.4, 0.5) is 8.78 Å². The van der Waals surface area contributed by atoms with Crippen molar-refractivity contribution in [3.63, 3.8) is 0 Å². The van der Waals surface area contributed by atoms with E-state index in [9.17, 15) is 13.6 Å². The van der Waals surface area contributed by atoms with E-state index in [1.165, 1.54) is 23.3 Å². The van der Waals surface area contributed by atoms with Gasteiger partial charge in [0.05, 0.1) is 5.92 Å². The third-order valence-corrected chi connectivity index (χ3v) is 5.51. The van der Waals surface area contributed by atoms with E-state index in [1.54, 1.807) is 6.07 Å². The van der Waals surface area contributed by atoms with Crippen molar-refractivity contribution in [2.75, 3.05) is 26.2 Å². The number of carbonyl (C=O) groups excluding carboxylic acids is 1. The monoisotopic (exact) mass is 356 g/mol. The molecule has 5 heteroatoms. The lowest BCUT2D eigenvalue weighted by atomic mass is 9.99. The molecule has 1 amide bonds. The van der Waals surface area contributed by atoms with Gasteiger partial charge in [0.1, 0.15) is 0 Å². The van der Waals surface area contributed by atoms with Crippen LogP contribution in [0.15, 0.2) is 42.5 Å². The Kier molecular flexibility index (Phi) is 4.72. The van der Waals surface area contributed by atoms with Crippen LogP contribution in [0.2, 0.25) is 0 Å². The molecule has 1 heterocycles. The van der Waals surface area contributed by atoms with Crippen LogP contribution < -0.4 is 0 Å². The molecule has 0 bridgehead atoms. The van der Waals surface area contributed by atoms with Crippen molar-refractivity contribution in [1.29, 1.82) is 0 Å². The SMILES string of the molecule is O=C([C@@H]1CCc2ccccc21)N1CCN(Cc2ccc(F)c(F)c2)CC1. The maximum absolute atomic E-state index is 13.3. The molecule has 2 aromatic rings. The largest absolute Gasteiger partial charge is 0.340 e. The number of hydrogen-bond acceptors (Lipinski definition) is 2. The topological polar surface area (TPSA) is 23.6 Å². The van der Waals surface area contributed by atoms with Crippen LogP contribution in [-0.2, 0) is 17.8 Å². The molecule has 0 N–H and O–H groups in total. The number of fused-ring (bicyclic) bond motifs is 1. The van der Waals surface area contributed by atoms with Crippen molar-refractivity contribution in [2.24, 2.45) is 0 Å². The average molecular weight is 356 g/mol. The van der Waals surface area contributed by atoms with E-state index >= 15 is 0 Å². The molecule has 0 aromatic heterocycles. The van der Waals surface area contributed by atoms with Crippen molar-refractivity contribution >= 4 is 5.91 Å². The van der Waals surface area contributed by atoms with E-state index in [1.807, 2.05) is 17.0 Å². The summed E-state index contributed by atoms with van der Waals surface area (Å²) in [7, 11) is 0. The molecule has 1 atom stereocenters. The van der Waals surface area contributed by atoms with Gasteiger partial charge >= 0.3 is 0 Å². The van der Waals surface area contributed by atoms with Gasteiger partial charge in [0.2, 0.25) is 5.91 Å². The summed E-state index contributed by atoms with van der Waals surface area (Å²) >= 11 is 0. The number of halogens is 2. The second-order valence-corrected chi connectivity index (χ2v) is 7.14. The lowest BCUT2D eigenvalue weighted by Gasteiger charge is -2.36. The number of piperazine rings is 1. The van der Waals surface area contributed by atoms with Crippen LogP contribution >= 0.6 is 0 Å². The zero-order valence-electron chi connectivity index (χ0n) is 14.6. The van der Waals surface area contributed by atoms with Gasteiger partial charge in [-0.15, -0.1) is 0 Å². The molecule has 1 saturated heterocycles. The number of carbonyl (C=O) groups is 1. The number of rotatable bonds is 3. The molecule has 136 valence electrons. The maximum atomic E-state index is 13.3. The first-order chi connectivity index (χ1) is 12.6. The van der Waals surface area contributed by atoms with Crippen molar-refractivity contribution in [3.8, 4) is 0 Å². The van der Waals surface area contributed by atoms with Gasteiger partial charge in [-0.05, 0) is 41.7 Å². The van der Waals surface area contributed by atoms with E-state index in [-0.39, 0.29) is 11.8 Å². The second kappa shape index (κ2) is 7.16. The Morgan fingerprint density at radius 3 is 2.54 bits per heavy atom. The van der Waals surface area contributed by atoms with Gasteiger partial charge in [0.25, 0.3) is 0 Å². The summed E-state index contributed by atoms with van der Waals surface area (Å²) in [6.45, 7) is 3.44. The van der Waals surface area contributed by atoms with E-state index in [0.29, 0.717) is 19.6 Å². The molecule has 0 saturated carbocycles. The average Bonchev–Trinajstić information content (AvgIpc) is 3.09. The Hall–Kier alpha value is -2.27. The third kappa shape index (κ3) is 3.36. The van der Waals surface area contributed by atoms with Crippen molar-refractivity contribution in [1.82, 2.24) is 9.80 Å². The fourth-order valence-electron chi connectivity index (χ4n) is 4.06. The summed E-state index contributed by atoms with van der Waals surface area (Å²) in [4.78, 5) is 17.1. The standard InChI is InChI=1S/C21H22F2N2O/c22-19-8-5-15(13-20(19)23)14-24-9-11-25(12-10-24)21(26)18-7-6-16-3-1-2-4-17(16)18/h1-5,8,13,18H,6-7,9-12,14H2/t18-/m1/s1. The van der Waals surface area contributed by atoms with Crippen LogP contribution in [-0.4, -0.2) is 41.9 Å². The highest BCUT2D eigenvalue weighted by molar-refractivity contribution is 5.85. The normalized spacial score (nSPS) is 20.2. The van der Waals surface area contributed by atoms with E-state index < -0.39 is 11.6 Å². The zero-order chi connectivity index (χ0) is 18.1. The first kappa shape index (κ1) is 17.2. The van der Waals surface area contributed by atoms with Gasteiger partial charge < -0.3 is 4.90 Å². The fraction of sp³-hybridized carbons (Fsp3) is 0.381. The first-order valence-electron chi connectivity index (χ1n) is 9.14. The summed E-state index contributed by atoms with van der Waals surface area (Å²) < 4.78 is 26.4. The van der Waals surface area contributed by atoms with Crippen LogP contribution in [0.1, 0.15) is 29.0 Å². The van der Waals surface area contributed by atoms with Gasteiger partial charge in [-0.1, -0.05) is 30.3 Å². The van der Waals surface area contributed by atoms with Crippen LogP contribution in [0.3, 0.4) is 0 Å². The highest BCUT2D eigenvalue weighted by Gasteiger charge is 2.32. The third-order valence-electron chi connectivity index (χ3n) is 5.51. The van der Waals surface area contributed by atoms with Crippen molar-refractivity contribution < 1.29 is 13.6 Å². The molecule has 1 fully saturated rings. The first-order valence-corrected chi connectivity index (χ1v) is 9.14. The quantitative estimate of drug-likeness (QED) is 0.842. The lowest BCUT2D eigenvalue weighted by molar-refractivity contribution is -0.134.